The predicted molar refractivity (Wildman–Crippen MR) is 81.6 cm³/mol. The Morgan fingerprint density at radius 2 is 1.70 bits per heavy atom. The minimum absolute atomic E-state index is 0.0508. The van der Waals surface area contributed by atoms with Crippen LogP contribution < -0.4 is 0 Å². The number of aliphatic hydroxyl groups excluding tert-OH is 1. The zero-order valence-electron chi connectivity index (χ0n) is 13.7. The van der Waals surface area contributed by atoms with E-state index in [1.807, 2.05) is 0 Å². The molecule has 3 saturated carbocycles. The average Bonchev–Trinajstić information content (AvgIpc) is 2.75. The first-order valence-corrected chi connectivity index (χ1v) is 8.68. The molecule has 0 radical (unpaired) electrons. The third-order valence-corrected chi connectivity index (χ3v) is 7.66. The van der Waals surface area contributed by atoms with Crippen LogP contribution in [0.2, 0.25) is 0 Å². The van der Waals surface area contributed by atoms with Gasteiger partial charge in [-0.05, 0) is 74.5 Å². The number of rotatable bonds is 3. The fourth-order valence-electron chi connectivity index (χ4n) is 5.97. The fourth-order valence-corrected chi connectivity index (χ4v) is 5.97. The van der Waals surface area contributed by atoms with Crippen LogP contribution in [-0.4, -0.2) is 23.4 Å². The first-order valence-electron chi connectivity index (χ1n) is 8.68. The van der Waals surface area contributed by atoms with Gasteiger partial charge in [-0.3, -0.25) is 0 Å². The second-order valence-electron chi connectivity index (χ2n) is 8.39. The quantitative estimate of drug-likeness (QED) is 0.841. The highest BCUT2D eigenvalue weighted by Gasteiger charge is 2.66. The summed E-state index contributed by atoms with van der Waals surface area (Å²) in [6, 6.07) is 0. The van der Waals surface area contributed by atoms with Gasteiger partial charge in [0.1, 0.15) is 0 Å². The molecule has 0 heterocycles. The first-order chi connectivity index (χ1) is 9.36. The molecular weight excluding hydrogens is 248 g/mol. The third-order valence-electron chi connectivity index (χ3n) is 7.66. The molecule has 0 aromatic rings. The van der Waals surface area contributed by atoms with Crippen molar-refractivity contribution in [3.8, 4) is 0 Å². The number of fused-ring (bicyclic) bond motifs is 2. The molecule has 20 heavy (non-hydrogen) atoms. The van der Waals surface area contributed by atoms with Gasteiger partial charge in [0.15, 0.2) is 0 Å². The van der Waals surface area contributed by atoms with E-state index >= 15 is 0 Å². The molecule has 0 unspecified atom stereocenters. The van der Waals surface area contributed by atoms with Gasteiger partial charge >= 0.3 is 0 Å². The molecule has 3 fully saturated rings. The highest BCUT2D eigenvalue weighted by Crippen LogP contribution is 2.71. The summed E-state index contributed by atoms with van der Waals surface area (Å²) in [6.45, 7) is 10.4. The standard InChI is InChI=1S/C18H32O2/c1-5-20-18(10-7-14(19)8-11-18)15-12-13-6-9-17(15,4)16(13,2)3/h13-15,19H,5-12H2,1-4H3/t13-,14?,15-,17+,18?/m0/s1. The highest BCUT2D eigenvalue weighted by molar-refractivity contribution is 5.15. The van der Waals surface area contributed by atoms with Crippen LogP contribution in [0.25, 0.3) is 0 Å². The molecule has 0 aliphatic heterocycles. The summed E-state index contributed by atoms with van der Waals surface area (Å²) in [5, 5.41) is 9.90. The minimum Gasteiger partial charge on any atom is -0.393 e. The van der Waals surface area contributed by atoms with E-state index in [9.17, 15) is 5.11 Å². The average molecular weight is 280 g/mol. The lowest BCUT2D eigenvalue weighted by Gasteiger charge is -2.51. The van der Waals surface area contributed by atoms with Gasteiger partial charge in [0.25, 0.3) is 0 Å². The molecule has 3 rings (SSSR count). The van der Waals surface area contributed by atoms with Crippen LogP contribution in [0.15, 0.2) is 0 Å². The summed E-state index contributed by atoms with van der Waals surface area (Å²) in [4.78, 5) is 0. The normalized spacial score (nSPS) is 50.5. The number of ether oxygens (including phenoxy) is 1. The minimum atomic E-state index is -0.0945. The summed E-state index contributed by atoms with van der Waals surface area (Å²) < 4.78 is 6.40. The van der Waals surface area contributed by atoms with Gasteiger partial charge in [0.05, 0.1) is 11.7 Å². The molecule has 2 heteroatoms. The van der Waals surface area contributed by atoms with Crippen LogP contribution in [-0.2, 0) is 4.74 Å². The molecule has 0 aromatic carbocycles. The molecule has 0 saturated heterocycles. The van der Waals surface area contributed by atoms with Crippen LogP contribution in [0.3, 0.4) is 0 Å². The van der Waals surface area contributed by atoms with Crippen LogP contribution in [0.5, 0.6) is 0 Å². The van der Waals surface area contributed by atoms with Crippen molar-refractivity contribution < 1.29 is 9.84 Å². The lowest BCUT2D eigenvalue weighted by atomic mass is 9.59. The Balaban J connectivity index is 1.90. The summed E-state index contributed by atoms with van der Waals surface area (Å²) in [5.74, 6) is 1.57. The maximum Gasteiger partial charge on any atom is 0.0717 e. The molecule has 2 bridgehead atoms. The Bertz CT molecular complexity index is 368. The zero-order valence-corrected chi connectivity index (χ0v) is 13.7. The van der Waals surface area contributed by atoms with Gasteiger partial charge in [-0.1, -0.05) is 20.8 Å². The molecule has 3 aliphatic rings. The van der Waals surface area contributed by atoms with Crippen molar-refractivity contribution in [2.75, 3.05) is 6.61 Å². The highest BCUT2D eigenvalue weighted by atomic mass is 16.5. The second kappa shape index (κ2) is 4.71. The Morgan fingerprint density at radius 1 is 1.05 bits per heavy atom. The van der Waals surface area contributed by atoms with E-state index in [1.165, 1.54) is 19.3 Å². The Labute approximate surface area is 124 Å². The van der Waals surface area contributed by atoms with E-state index in [-0.39, 0.29) is 11.7 Å². The van der Waals surface area contributed by atoms with Gasteiger partial charge in [0, 0.05) is 6.61 Å². The van der Waals surface area contributed by atoms with Crippen molar-refractivity contribution >= 4 is 0 Å². The Hall–Kier alpha value is -0.0800. The van der Waals surface area contributed by atoms with Crippen molar-refractivity contribution in [1.29, 1.82) is 0 Å². The van der Waals surface area contributed by atoms with Gasteiger partial charge < -0.3 is 9.84 Å². The monoisotopic (exact) mass is 280 g/mol. The Kier molecular flexibility index (Phi) is 3.49. The first kappa shape index (κ1) is 14.8. The van der Waals surface area contributed by atoms with E-state index in [2.05, 4.69) is 27.7 Å². The Morgan fingerprint density at radius 3 is 2.15 bits per heavy atom. The summed E-state index contributed by atoms with van der Waals surface area (Å²) >= 11 is 0. The molecule has 3 atom stereocenters. The maximum absolute atomic E-state index is 9.90. The molecule has 0 aromatic heterocycles. The summed E-state index contributed by atoms with van der Waals surface area (Å²) in [7, 11) is 0. The molecule has 3 aliphatic carbocycles. The lowest BCUT2D eigenvalue weighted by Crippen LogP contribution is -2.51. The summed E-state index contributed by atoms with van der Waals surface area (Å²) in [6.07, 6.45) is 8.01. The molecular formula is C18H32O2. The number of aliphatic hydroxyl groups is 1. The number of hydrogen-bond donors (Lipinski definition) is 1. The molecule has 116 valence electrons. The topological polar surface area (TPSA) is 29.5 Å². The smallest absolute Gasteiger partial charge is 0.0717 e. The second-order valence-corrected chi connectivity index (χ2v) is 8.39. The van der Waals surface area contributed by atoms with Gasteiger partial charge in [-0.25, -0.2) is 0 Å². The van der Waals surface area contributed by atoms with Crippen LogP contribution in [0.4, 0.5) is 0 Å². The predicted octanol–water partition coefficient (Wildman–Crippen LogP) is 4.16. The van der Waals surface area contributed by atoms with E-state index in [0.29, 0.717) is 16.7 Å². The van der Waals surface area contributed by atoms with Crippen molar-refractivity contribution in [1.82, 2.24) is 0 Å². The van der Waals surface area contributed by atoms with Crippen molar-refractivity contribution in [3.05, 3.63) is 0 Å². The number of hydrogen-bond acceptors (Lipinski definition) is 2. The maximum atomic E-state index is 9.90. The van der Waals surface area contributed by atoms with Gasteiger partial charge in [-0.15, -0.1) is 0 Å². The fraction of sp³-hybridized carbons (Fsp3) is 1.00. The third kappa shape index (κ3) is 1.83. The van der Waals surface area contributed by atoms with Crippen molar-refractivity contribution in [2.24, 2.45) is 22.7 Å². The molecule has 1 N–H and O–H groups in total. The van der Waals surface area contributed by atoms with E-state index in [4.69, 9.17) is 4.74 Å². The molecule has 0 spiro atoms. The van der Waals surface area contributed by atoms with E-state index in [0.717, 1.165) is 38.2 Å². The van der Waals surface area contributed by atoms with Crippen LogP contribution in [0.1, 0.15) is 72.6 Å². The van der Waals surface area contributed by atoms with E-state index < -0.39 is 0 Å². The van der Waals surface area contributed by atoms with Gasteiger partial charge in [-0.2, -0.15) is 0 Å². The van der Waals surface area contributed by atoms with Crippen molar-refractivity contribution in [2.45, 2.75) is 84.3 Å². The largest absolute Gasteiger partial charge is 0.393 e. The SMILES string of the molecule is CCOC1([C@H]2C[C@@H]3CC[C@@]2(C)C3(C)C)CCC(O)CC1. The molecule has 0 amide bonds. The summed E-state index contributed by atoms with van der Waals surface area (Å²) in [5.41, 5.74) is 0.933. The molecule has 2 nitrogen and oxygen atoms in total. The lowest BCUT2D eigenvalue weighted by molar-refractivity contribution is -0.154. The van der Waals surface area contributed by atoms with E-state index in [1.54, 1.807) is 0 Å². The van der Waals surface area contributed by atoms with Crippen LogP contribution in [0, 0.1) is 22.7 Å². The van der Waals surface area contributed by atoms with Crippen LogP contribution >= 0.6 is 0 Å². The van der Waals surface area contributed by atoms with Gasteiger partial charge in [0.2, 0.25) is 0 Å². The van der Waals surface area contributed by atoms with Crippen molar-refractivity contribution in [3.63, 3.8) is 0 Å². The zero-order chi connectivity index (χ0) is 14.6.